The number of esters is 1. The van der Waals surface area contributed by atoms with Gasteiger partial charge in [0.1, 0.15) is 11.5 Å². The second kappa shape index (κ2) is 10.1. The molecule has 154 valence electrons. The molecule has 0 spiro atoms. The highest BCUT2D eigenvalue weighted by atomic mass is 16.5. The van der Waals surface area contributed by atoms with Gasteiger partial charge in [-0.15, -0.1) is 0 Å². The predicted octanol–water partition coefficient (Wildman–Crippen LogP) is 2.56. The maximum Gasteiger partial charge on any atom is 0.338 e. The van der Waals surface area contributed by atoms with Gasteiger partial charge in [-0.3, -0.25) is 9.59 Å². The third-order valence-electron chi connectivity index (χ3n) is 4.07. The number of anilines is 1. The standard InChI is InChI=1S/C21H24N2O6/c1-5-22-20(25)14-7-6-8-16(9-14)23-19(24)12-29-21(26)15-10-17(27-3)13(2)18(11-15)28-4/h6-11H,5,12H2,1-4H3,(H,22,25)(H,23,24). The molecule has 0 aliphatic heterocycles. The number of methoxy groups -OCH3 is 2. The summed E-state index contributed by atoms with van der Waals surface area (Å²) in [5.41, 5.74) is 1.79. The third-order valence-corrected chi connectivity index (χ3v) is 4.07. The average Bonchev–Trinajstić information content (AvgIpc) is 2.72. The van der Waals surface area contributed by atoms with Crippen LogP contribution in [0.1, 0.15) is 33.2 Å². The summed E-state index contributed by atoms with van der Waals surface area (Å²) < 4.78 is 15.5. The number of nitrogens with one attached hydrogen (secondary N) is 2. The first-order valence-corrected chi connectivity index (χ1v) is 8.97. The molecule has 2 aromatic rings. The lowest BCUT2D eigenvalue weighted by Crippen LogP contribution is -2.23. The van der Waals surface area contributed by atoms with Crippen molar-refractivity contribution in [1.29, 1.82) is 0 Å². The van der Waals surface area contributed by atoms with Gasteiger partial charge in [0.25, 0.3) is 11.8 Å². The molecule has 0 unspecified atom stereocenters. The minimum Gasteiger partial charge on any atom is -0.496 e. The Balaban J connectivity index is 2.00. The number of rotatable bonds is 8. The van der Waals surface area contributed by atoms with E-state index < -0.39 is 18.5 Å². The lowest BCUT2D eigenvalue weighted by molar-refractivity contribution is -0.119. The van der Waals surface area contributed by atoms with Crippen LogP contribution in [-0.4, -0.2) is 45.2 Å². The summed E-state index contributed by atoms with van der Waals surface area (Å²) in [6.45, 7) is 3.63. The molecule has 2 amide bonds. The molecule has 0 saturated carbocycles. The number of carbonyl (C=O) groups is 3. The van der Waals surface area contributed by atoms with Crippen LogP contribution in [0.25, 0.3) is 0 Å². The van der Waals surface area contributed by atoms with Gasteiger partial charge >= 0.3 is 5.97 Å². The van der Waals surface area contributed by atoms with E-state index >= 15 is 0 Å². The van der Waals surface area contributed by atoms with Crippen LogP contribution in [0.5, 0.6) is 11.5 Å². The van der Waals surface area contributed by atoms with E-state index in [4.69, 9.17) is 14.2 Å². The molecule has 29 heavy (non-hydrogen) atoms. The Kier molecular flexibility index (Phi) is 7.59. The molecule has 8 nitrogen and oxygen atoms in total. The lowest BCUT2D eigenvalue weighted by Gasteiger charge is -2.12. The molecule has 0 aromatic heterocycles. The predicted molar refractivity (Wildman–Crippen MR) is 108 cm³/mol. The van der Waals surface area contributed by atoms with Gasteiger partial charge in [0.15, 0.2) is 6.61 Å². The first-order chi connectivity index (χ1) is 13.9. The summed E-state index contributed by atoms with van der Waals surface area (Å²) in [4.78, 5) is 36.3. The van der Waals surface area contributed by atoms with Crippen LogP contribution in [0.2, 0.25) is 0 Å². The van der Waals surface area contributed by atoms with Crippen LogP contribution in [0.4, 0.5) is 5.69 Å². The summed E-state index contributed by atoms with van der Waals surface area (Å²) in [6.07, 6.45) is 0. The van der Waals surface area contributed by atoms with E-state index in [9.17, 15) is 14.4 Å². The first kappa shape index (κ1) is 21.7. The van der Waals surface area contributed by atoms with Crippen molar-refractivity contribution in [2.45, 2.75) is 13.8 Å². The zero-order chi connectivity index (χ0) is 21.4. The number of carbonyl (C=O) groups excluding carboxylic acids is 3. The number of benzene rings is 2. The highest BCUT2D eigenvalue weighted by Gasteiger charge is 2.16. The molecule has 0 atom stereocenters. The monoisotopic (exact) mass is 400 g/mol. The number of hydrogen-bond donors (Lipinski definition) is 2. The van der Waals surface area contributed by atoms with E-state index in [1.807, 2.05) is 6.92 Å². The highest BCUT2D eigenvalue weighted by molar-refractivity contribution is 5.98. The molecular formula is C21H24N2O6. The highest BCUT2D eigenvalue weighted by Crippen LogP contribution is 2.29. The smallest absolute Gasteiger partial charge is 0.338 e. The van der Waals surface area contributed by atoms with Crippen LogP contribution < -0.4 is 20.1 Å². The van der Waals surface area contributed by atoms with Gasteiger partial charge in [0.05, 0.1) is 19.8 Å². The summed E-state index contributed by atoms with van der Waals surface area (Å²) in [5, 5.41) is 5.28. The molecule has 2 aromatic carbocycles. The van der Waals surface area contributed by atoms with Crippen LogP contribution >= 0.6 is 0 Å². The summed E-state index contributed by atoms with van der Waals surface area (Å²) >= 11 is 0. The molecule has 0 bridgehead atoms. The van der Waals surface area contributed by atoms with Crippen molar-refractivity contribution in [3.63, 3.8) is 0 Å². The molecule has 2 N–H and O–H groups in total. The van der Waals surface area contributed by atoms with Gasteiger partial charge in [-0.1, -0.05) is 6.07 Å². The lowest BCUT2D eigenvalue weighted by atomic mass is 10.1. The van der Waals surface area contributed by atoms with Crippen molar-refractivity contribution in [1.82, 2.24) is 5.32 Å². The maximum absolute atomic E-state index is 12.3. The molecule has 0 saturated heterocycles. The van der Waals surface area contributed by atoms with Crippen LogP contribution in [0.3, 0.4) is 0 Å². The van der Waals surface area contributed by atoms with E-state index in [1.54, 1.807) is 31.2 Å². The van der Waals surface area contributed by atoms with Crippen LogP contribution in [0.15, 0.2) is 36.4 Å². The maximum atomic E-state index is 12.3. The largest absolute Gasteiger partial charge is 0.496 e. The minimum atomic E-state index is -0.687. The molecule has 0 aliphatic rings. The SMILES string of the molecule is CCNC(=O)c1cccc(NC(=O)COC(=O)c2cc(OC)c(C)c(OC)c2)c1. The van der Waals surface area contributed by atoms with Gasteiger partial charge in [-0.05, 0) is 44.2 Å². The summed E-state index contributed by atoms with van der Waals surface area (Å²) in [5.74, 6) is -0.506. The second-order valence-electron chi connectivity index (χ2n) is 6.07. The Morgan fingerprint density at radius 2 is 1.62 bits per heavy atom. The molecule has 8 heteroatoms. The first-order valence-electron chi connectivity index (χ1n) is 8.97. The molecular weight excluding hydrogens is 376 g/mol. The summed E-state index contributed by atoms with van der Waals surface area (Å²) in [7, 11) is 2.97. The molecule has 0 radical (unpaired) electrons. The second-order valence-corrected chi connectivity index (χ2v) is 6.07. The topological polar surface area (TPSA) is 103 Å². The quantitative estimate of drug-likeness (QED) is 0.660. The fraction of sp³-hybridized carbons (Fsp3) is 0.286. The molecule has 2 rings (SSSR count). The molecule has 0 heterocycles. The Bertz CT molecular complexity index is 885. The van der Waals surface area contributed by atoms with Crippen molar-refractivity contribution in [2.75, 3.05) is 32.7 Å². The fourth-order valence-electron chi connectivity index (χ4n) is 2.62. The van der Waals surface area contributed by atoms with Crippen molar-refractivity contribution < 1.29 is 28.6 Å². The zero-order valence-corrected chi connectivity index (χ0v) is 16.8. The minimum absolute atomic E-state index is 0.204. The number of ether oxygens (including phenoxy) is 3. The molecule has 0 fully saturated rings. The van der Waals surface area contributed by atoms with Crippen molar-refractivity contribution >= 4 is 23.5 Å². The van der Waals surface area contributed by atoms with E-state index in [0.29, 0.717) is 29.3 Å². The van der Waals surface area contributed by atoms with Crippen LogP contribution in [-0.2, 0) is 9.53 Å². The van der Waals surface area contributed by atoms with Gasteiger partial charge < -0.3 is 24.8 Å². The third kappa shape index (κ3) is 5.71. The summed E-state index contributed by atoms with van der Waals surface area (Å²) in [6, 6.07) is 9.51. The number of amides is 2. The number of hydrogen-bond acceptors (Lipinski definition) is 6. The van der Waals surface area contributed by atoms with Crippen molar-refractivity contribution in [3.05, 3.63) is 53.1 Å². The molecule has 0 aliphatic carbocycles. The Labute approximate surface area is 169 Å². The Morgan fingerprint density at radius 1 is 0.966 bits per heavy atom. The Hall–Kier alpha value is -3.55. The van der Waals surface area contributed by atoms with E-state index in [0.717, 1.165) is 5.56 Å². The van der Waals surface area contributed by atoms with Crippen LogP contribution in [0, 0.1) is 6.92 Å². The van der Waals surface area contributed by atoms with Gasteiger partial charge in [-0.2, -0.15) is 0 Å². The van der Waals surface area contributed by atoms with Crippen molar-refractivity contribution in [3.8, 4) is 11.5 Å². The van der Waals surface area contributed by atoms with E-state index in [2.05, 4.69) is 10.6 Å². The van der Waals surface area contributed by atoms with E-state index in [1.165, 1.54) is 26.4 Å². The van der Waals surface area contributed by atoms with Crippen molar-refractivity contribution in [2.24, 2.45) is 0 Å². The van der Waals surface area contributed by atoms with E-state index in [-0.39, 0.29) is 11.5 Å². The van der Waals surface area contributed by atoms with Gasteiger partial charge in [-0.25, -0.2) is 4.79 Å². The fourth-order valence-corrected chi connectivity index (χ4v) is 2.62. The normalized spacial score (nSPS) is 10.1. The Morgan fingerprint density at radius 3 is 2.21 bits per heavy atom. The zero-order valence-electron chi connectivity index (χ0n) is 16.8. The average molecular weight is 400 g/mol. The van der Waals surface area contributed by atoms with Gasteiger partial charge in [0, 0.05) is 23.4 Å². The van der Waals surface area contributed by atoms with Gasteiger partial charge in [0.2, 0.25) is 0 Å².